The second-order valence-corrected chi connectivity index (χ2v) is 11.2. The third-order valence-corrected chi connectivity index (χ3v) is 7.16. The number of halogens is 1. The molecule has 2 amide bonds. The smallest absolute Gasteiger partial charge is 0.320 e. The summed E-state index contributed by atoms with van der Waals surface area (Å²) in [5, 5.41) is 0. The van der Waals surface area contributed by atoms with Gasteiger partial charge < -0.3 is 19.4 Å². The van der Waals surface area contributed by atoms with E-state index in [1.54, 1.807) is 6.07 Å². The predicted octanol–water partition coefficient (Wildman–Crippen LogP) is 3.29. The zero-order valence-corrected chi connectivity index (χ0v) is 22.4. The van der Waals surface area contributed by atoms with E-state index in [4.69, 9.17) is 4.74 Å². The van der Waals surface area contributed by atoms with Crippen LogP contribution in [0.3, 0.4) is 0 Å². The largest absolute Gasteiger partial charge is 0.378 e. The molecule has 1 N–H and O–H groups in total. The number of hydrogen-bond acceptors (Lipinski definition) is 5. The van der Waals surface area contributed by atoms with Gasteiger partial charge in [-0.2, -0.15) is 0 Å². The summed E-state index contributed by atoms with van der Waals surface area (Å²) in [6.45, 7) is 10.9. The molecule has 1 atom stereocenters. The molecule has 1 aromatic carbocycles. The van der Waals surface area contributed by atoms with Gasteiger partial charge in [0.1, 0.15) is 0 Å². The Bertz CT molecular complexity index is 871. The van der Waals surface area contributed by atoms with Crippen LogP contribution in [0.1, 0.15) is 38.7 Å². The fraction of sp³-hybridized carbons (Fsp3) is 0.708. The van der Waals surface area contributed by atoms with Gasteiger partial charge in [0.2, 0.25) is 10.0 Å². The molecule has 0 saturated carbocycles. The molecule has 2 aliphatic rings. The number of carbonyl (C=O) groups is 1. The maximum Gasteiger partial charge on any atom is 0.320 e. The molecule has 0 aliphatic carbocycles. The van der Waals surface area contributed by atoms with Gasteiger partial charge in [-0.3, -0.25) is 4.72 Å². The fourth-order valence-corrected chi connectivity index (χ4v) is 5.37. The van der Waals surface area contributed by atoms with Crippen molar-refractivity contribution in [3.05, 3.63) is 29.8 Å². The van der Waals surface area contributed by atoms with E-state index >= 15 is 0 Å². The number of urea groups is 1. The minimum absolute atomic E-state index is 0. The summed E-state index contributed by atoms with van der Waals surface area (Å²) in [6.07, 6.45) is 5.21. The van der Waals surface area contributed by atoms with Crippen LogP contribution < -0.4 is 4.72 Å². The molecule has 3 rings (SSSR count). The number of piperidine rings is 1. The number of anilines is 1. The Balaban J connectivity index is 0.00000408. The number of sulfonamides is 1. The lowest BCUT2D eigenvalue weighted by atomic mass is 9.95. The zero-order valence-electron chi connectivity index (χ0n) is 20.7. The Morgan fingerprint density at radius 1 is 1.18 bits per heavy atom. The molecule has 1 unspecified atom stereocenters. The SMILES string of the molecule is CCCN(CC1CCN(C(=O)N2CCOCC2)CC1)C(C)Cc1cccc(NS(C)(=O)=O)c1.Cl. The van der Waals surface area contributed by atoms with Crippen molar-refractivity contribution in [3.8, 4) is 0 Å². The van der Waals surface area contributed by atoms with Gasteiger partial charge in [-0.05, 0) is 62.8 Å². The van der Waals surface area contributed by atoms with Crippen LogP contribution in [0.2, 0.25) is 0 Å². The Morgan fingerprint density at radius 3 is 2.44 bits per heavy atom. The van der Waals surface area contributed by atoms with E-state index in [0.717, 1.165) is 57.4 Å². The van der Waals surface area contributed by atoms with Gasteiger partial charge in [-0.15, -0.1) is 12.4 Å². The Labute approximate surface area is 211 Å². The van der Waals surface area contributed by atoms with Crippen molar-refractivity contribution < 1.29 is 17.9 Å². The lowest BCUT2D eigenvalue weighted by molar-refractivity contribution is 0.0386. The lowest BCUT2D eigenvalue weighted by Crippen LogP contribution is -2.51. The number of benzene rings is 1. The number of nitrogens with zero attached hydrogens (tertiary/aromatic N) is 3. The van der Waals surface area contributed by atoms with Crippen molar-refractivity contribution in [2.75, 3.05) is 63.5 Å². The highest BCUT2D eigenvalue weighted by atomic mass is 35.5. The normalized spacial score (nSPS) is 18.5. The van der Waals surface area contributed by atoms with Crippen LogP contribution in [0.5, 0.6) is 0 Å². The summed E-state index contributed by atoms with van der Waals surface area (Å²) < 4.78 is 31.0. The standard InChI is InChI=1S/C24H40N4O4S.ClH/c1-4-10-28(20(2)17-22-6-5-7-23(18-22)25-33(3,30)31)19-21-8-11-26(12-9-21)24(29)27-13-15-32-16-14-27;/h5-7,18,20-21,25H,4,8-17,19H2,1-3H3;1H. The first-order chi connectivity index (χ1) is 15.7. The molecular formula is C24H41ClN4O4S. The van der Waals surface area contributed by atoms with E-state index < -0.39 is 10.0 Å². The first kappa shape index (κ1) is 28.7. The average molecular weight is 517 g/mol. The van der Waals surface area contributed by atoms with E-state index in [2.05, 4.69) is 29.5 Å². The number of carbonyl (C=O) groups excluding carboxylic acids is 1. The van der Waals surface area contributed by atoms with E-state index in [-0.39, 0.29) is 18.4 Å². The van der Waals surface area contributed by atoms with Crippen molar-refractivity contribution in [2.24, 2.45) is 5.92 Å². The van der Waals surface area contributed by atoms with Gasteiger partial charge in [0.05, 0.1) is 19.5 Å². The van der Waals surface area contributed by atoms with E-state index in [0.29, 0.717) is 44.0 Å². The predicted molar refractivity (Wildman–Crippen MR) is 139 cm³/mol. The second-order valence-electron chi connectivity index (χ2n) is 9.44. The Kier molecular flexibility index (Phi) is 11.4. The van der Waals surface area contributed by atoms with E-state index in [1.165, 1.54) is 6.26 Å². The van der Waals surface area contributed by atoms with Crippen LogP contribution in [0.4, 0.5) is 10.5 Å². The zero-order chi connectivity index (χ0) is 23.8. The van der Waals surface area contributed by atoms with Crippen molar-refractivity contribution >= 4 is 34.1 Å². The maximum absolute atomic E-state index is 12.8. The molecule has 0 bridgehead atoms. The van der Waals surface area contributed by atoms with E-state index in [9.17, 15) is 13.2 Å². The first-order valence-electron chi connectivity index (χ1n) is 12.2. The first-order valence-corrected chi connectivity index (χ1v) is 14.1. The summed E-state index contributed by atoms with van der Waals surface area (Å²) in [4.78, 5) is 19.2. The average Bonchev–Trinajstić information content (AvgIpc) is 2.78. The van der Waals surface area contributed by atoms with Crippen molar-refractivity contribution in [1.82, 2.24) is 14.7 Å². The molecular weight excluding hydrogens is 476 g/mol. The van der Waals surface area contributed by atoms with Crippen LogP contribution in [0, 0.1) is 5.92 Å². The summed E-state index contributed by atoms with van der Waals surface area (Å²) >= 11 is 0. The fourth-order valence-electron chi connectivity index (χ4n) is 4.82. The molecule has 0 aromatic heterocycles. The summed E-state index contributed by atoms with van der Waals surface area (Å²) in [6, 6.07) is 8.19. The van der Waals surface area contributed by atoms with Gasteiger partial charge in [-0.1, -0.05) is 19.1 Å². The van der Waals surface area contributed by atoms with Gasteiger partial charge in [-0.25, -0.2) is 13.2 Å². The number of amides is 2. The topological polar surface area (TPSA) is 82.2 Å². The monoisotopic (exact) mass is 516 g/mol. The molecule has 10 heteroatoms. The molecule has 2 saturated heterocycles. The summed E-state index contributed by atoms with van der Waals surface area (Å²) in [5.41, 5.74) is 1.74. The molecule has 2 heterocycles. The molecule has 34 heavy (non-hydrogen) atoms. The van der Waals surface area contributed by atoms with E-state index in [1.807, 2.05) is 21.9 Å². The second kappa shape index (κ2) is 13.5. The van der Waals surface area contributed by atoms with Crippen LogP contribution in [-0.2, 0) is 21.2 Å². The number of likely N-dealkylation sites (tertiary alicyclic amines) is 1. The Hall–Kier alpha value is -1.55. The number of nitrogens with one attached hydrogen (secondary N) is 1. The van der Waals surface area contributed by atoms with Crippen molar-refractivity contribution in [2.45, 2.75) is 45.6 Å². The number of morpholine rings is 1. The third-order valence-electron chi connectivity index (χ3n) is 6.55. The lowest BCUT2D eigenvalue weighted by Gasteiger charge is -2.39. The van der Waals surface area contributed by atoms with Crippen LogP contribution in [0.15, 0.2) is 24.3 Å². The summed E-state index contributed by atoms with van der Waals surface area (Å²) in [7, 11) is -3.28. The van der Waals surface area contributed by atoms with Crippen LogP contribution in [0.25, 0.3) is 0 Å². The maximum atomic E-state index is 12.8. The molecule has 194 valence electrons. The molecule has 2 fully saturated rings. The van der Waals surface area contributed by atoms with Crippen molar-refractivity contribution in [3.63, 3.8) is 0 Å². The number of hydrogen-bond donors (Lipinski definition) is 1. The molecule has 8 nitrogen and oxygen atoms in total. The summed E-state index contributed by atoms with van der Waals surface area (Å²) in [5.74, 6) is 0.589. The Morgan fingerprint density at radius 2 is 1.82 bits per heavy atom. The molecule has 1 aromatic rings. The van der Waals surface area contributed by atoms with Gasteiger partial charge in [0.15, 0.2) is 0 Å². The highest BCUT2D eigenvalue weighted by Gasteiger charge is 2.28. The molecule has 2 aliphatic heterocycles. The quantitative estimate of drug-likeness (QED) is 0.544. The minimum Gasteiger partial charge on any atom is -0.378 e. The third kappa shape index (κ3) is 8.91. The van der Waals surface area contributed by atoms with Crippen LogP contribution >= 0.6 is 12.4 Å². The minimum atomic E-state index is -3.28. The van der Waals surface area contributed by atoms with Gasteiger partial charge >= 0.3 is 6.03 Å². The highest BCUT2D eigenvalue weighted by Crippen LogP contribution is 2.22. The molecule has 0 spiro atoms. The van der Waals surface area contributed by atoms with Crippen LogP contribution in [-0.4, -0.2) is 93.9 Å². The number of rotatable bonds is 9. The van der Waals surface area contributed by atoms with Gasteiger partial charge in [0.25, 0.3) is 0 Å². The highest BCUT2D eigenvalue weighted by molar-refractivity contribution is 7.92. The van der Waals surface area contributed by atoms with Gasteiger partial charge in [0, 0.05) is 44.5 Å². The van der Waals surface area contributed by atoms with Crippen molar-refractivity contribution in [1.29, 1.82) is 0 Å². The number of ether oxygens (including phenoxy) is 1. The molecule has 0 radical (unpaired) electrons.